The van der Waals surface area contributed by atoms with E-state index in [1.54, 1.807) is 0 Å². The lowest BCUT2D eigenvalue weighted by atomic mass is 9.88. The molecule has 166 valence electrons. The molecule has 0 N–H and O–H groups in total. The average molecular weight is 416 g/mol. The van der Waals surface area contributed by atoms with Crippen LogP contribution in [0.3, 0.4) is 0 Å². The largest absolute Gasteiger partial charge is 0.465 e. The summed E-state index contributed by atoms with van der Waals surface area (Å²) in [6.07, 6.45) is 1.44. The van der Waals surface area contributed by atoms with E-state index in [0.29, 0.717) is 5.56 Å². The van der Waals surface area contributed by atoms with Crippen molar-refractivity contribution >= 4 is 31.1 Å². The first-order valence-corrected chi connectivity index (χ1v) is 10.9. The van der Waals surface area contributed by atoms with E-state index in [-0.39, 0.29) is 30.2 Å². The van der Waals surface area contributed by atoms with Crippen molar-refractivity contribution in [2.75, 3.05) is 18.6 Å². The topological polar surface area (TPSA) is 59.1 Å². The normalized spacial score (nSPS) is 21.9. The molecule has 0 aromatic heterocycles. The van der Waals surface area contributed by atoms with Gasteiger partial charge in [0.2, 0.25) is 0 Å². The van der Waals surface area contributed by atoms with Gasteiger partial charge in [-0.1, -0.05) is 11.5 Å². The van der Waals surface area contributed by atoms with Gasteiger partial charge in [0, 0.05) is 30.4 Å². The summed E-state index contributed by atoms with van der Waals surface area (Å²) in [5.74, 6) is -0.310. The molecule has 1 aliphatic heterocycles. The molecule has 2 rings (SSSR count). The molecular weight excluding hydrogens is 379 g/mol. The number of hydrogen-bond donors (Lipinski definition) is 0. The number of anilines is 1. The molecule has 1 amide bonds. The van der Waals surface area contributed by atoms with Crippen LogP contribution < -0.4 is 10.4 Å². The summed E-state index contributed by atoms with van der Waals surface area (Å²) < 4.78 is 10.6. The molecule has 30 heavy (non-hydrogen) atoms. The highest BCUT2D eigenvalue weighted by molar-refractivity contribution is 6.33. The third-order valence-corrected chi connectivity index (χ3v) is 5.80. The Morgan fingerprint density at radius 1 is 1.20 bits per heavy atom. The number of piperidine rings is 1. The third kappa shape index (κ3) is 5.29. The zero-order valence-electron chi connectivity index (χ0n) is 20.0. The Kier molecular flexibility index (Phi) is 7.48. The maximum absolute atomic E-state index is 12.7. The molecule has 1 saturated heterocycles. The van der Waals surface area contributed by atoms with Crippen molar-refractivity contribution in [1.29, 1.82) is 0 Å². The molecule has 1 aromatic rings. The maximum Gasteiger partial charge on any atom is 0.410 e. The number of amides is 1. The van der Waals surface area contributed by atoms with Gasteiger partial charge in [-0.25, -0.2) is 9.59 Å². The highest BCUT2D eigenvalue weighted by Crippen LogP contribution is 2.33. The van der Waals surface area contributed by atoms with Gasteiger partial charge in [0.05, 0.1) is 12.7 Å². The molecule has 0 aliphatic carbocycles. The number of benzene rings is 1. The van der Waals surface area contributed by atoms with Crippen LogP contribution in [0.1, 0.15) is 70.3 Å². The van der Waals surface area contributed by atoms with Crippen LogP contribution in [-0.4, -0.2) is 62.2 Å². The minimum absolute atomic E-state index is 0.0628. The van der Waals surface area contributed by atoms with Gasteiger partial charge in [0.15, 0.2) is 0 Å². The second-order valence-electron chi connectivity index (χ2n) is 9.45. The minimum Gasteiger partial charge on any atom is -0.465 e. The Morgan fingerprint density at radius 2 is 1.77 bits per heavy atom. The number of rotatable bonds is 4. The fourth-order valence-electron chi connectivity index (χ4n) is 4.56. The average Bonchev–Trinajstić information content (AvgIpc) is 2.62. The van der Waals surface area contributed by atoms with Gasteiger partial charge in [0.25, 0.3) is 0 Å². The number of likely N-dealkylation sites (tertiary alicyclic amines) is 1. The van der Waals surface area contributed by atoms with Gasteiger partial charge < -0.3 is 19.3 Å². The first kappa shape index (κ1) is 24.1. The predicted molar refractivity (Wildman–Crippen MR) is 124 cm³/mol. The fraction of sp³-hybridized carbons (Fsp3) is 0.652. The molecule has 1 aliphatic rings. The lowest BCUT2D eigenvalue weighted by molar-refractivity contribution is -0.00252. The summed E-state index contributed by atoms with van der Waals surface area (Å²) in [5, 5.41) is 0. The third-order valence-electron chi connectivity index (χ3n) is 5.80. The van der Waals surface area contributed by atoms with E-state index in [9.17, 15) is 9.59 Å². The molecule has 0 spiro atoms. The summed E-state index contributed by atoms with van der Waals surface area (Å²) in [4.78, 5) is 29.2. The van der Waals surface area contributed by atoms with E-state index in [1.165, 1.54) is 7.11 Å². The summed E-state index contributed by atoms with van der Waals surface area (Å²) >= 11 is 0. The Balaban J connectivity index is 2.31. The molecule has 1 fully saturated rings. The second-order valence-corrected chi connectivity index (χ2v) is 9.45. The van der Waals surface area contributed by atoms with Crippen LogP contribution in [0.2, 0.25) is 0 Å². The first-order valence-electron chi connectivity index (χ1n) is 10.9. The molecule has 3 atom stereocenters. The van der Waals surface area contributed by atoms with Gasteiger partial charge in [0.1, 0.15) is 13.4 Å². The molecule has 2 unspecified atom stereocenters. The van der Waals surface area contributed by atoms with E-state index >= 15 is 0 Å². The van der Waals surface area contributed by atoms with Crippen molar-refractivity contribution < 1.29 is 19.1 Å². The Hall–Kier alpha value is -2.18. The van der Waals surface area contributed by atoms with Crippen molar-refractivity contribution in [3.63, 3.8) is 0 Å². The van der Waals surface area contributed by atoms with Crippen LogP contribution in [0.25, 0.3) is 0 Å². The number of carbonyl (C=O) groups is 2. The van der Waals surface area contributed by atoms with Crippen molar-refractivity contribution in [2.45, 2.75) is 85.0 Å². The molecule has 0 bridgehead atoms. The van der Waals surface area contributed by atoms with E-state index in [0.717, 1.165) is 36.1 Å². The summed E-state index contributed by atoms with van der Waals surface area (Å²) in [6, 6.07) is 4.42. The second kappa shape index (κ2) is 9.31. The predicted octanol–water partition coefficient (Wildman–Crippen LogP) is 3.04. The van der Waals surface area contributed by atoms with Crippen molar-refractivity contribution in [3.05, 3.63) is 23.3 Å². The molecule has 6 nitrogen and oxygen atoms in total. The van der Waals surface area contributed by atoms with Crippen molar-refractivity contribution in [1.82, 2.24) is 4.90 Å². The highest BCUT2D eigenvalue weighted by atomic mass is 16.6. The smallest absolute Gasteiger partial charge is 0.410 e. The fourth-order valence-corrected chi connectivity index (χ4v) is 4.56. The standard InChI is InChI=1S/C23H37BN2O4/c1-9-25(20-13-17(24)12-19(16(20)4)21(27)29-8)18-10-14(2)26(15(3)11-18)22(28)30-23(5,6)7/h12-15,18H,9-11,24H2,1-8H3/t14-,15?,18?/m1/s1. The molecule has 7 heteroatoms. The van der Waals surface area contributed by atoms with Gasteiger partial charge in [-0.3, -0.25) is 0 Å². The first-order chi connectivity index (χ1) is 13.9. The lowest BCUT2D eigenvalue weighted by Crippen LogP contribution is -2.56. The highest BCUT2D eigenvalue weighted by Gasteiger charge is 2.38. The quantitative estimate of drug-likeness (QED) is 0.558. The Morgan fingerprint density at radius 3 is 2.23 bits per heavy atom. The van der Waals surface area contributed by atoms with Gasteiger partial charge in [-0.15, -0.1) is 0 Å². The molecule has 0 saturated carbocycles. The molecular formula is C23H37BN2O4. The van der Waals surface area contributed by atoms with Gasteiger partial charge in [-0.2, -0.15) is 0 Å². The van der Waals surface area contributed by atoms with Crippen LogP contribution in [0.4, 0.5) is 10.5 Å². The summed E-state index contributed by atoms with van der Waals surface area (Å²) in [6.45, 7) is 14.8. The van der Waals surface area contributed by atoms with Gasteiger partial charge in [-0.05, 0) is 72.9 Å². The van der Waals surface area contributed by atoms with E-state index in [2.05, 4.69) is 31.7 Å². The SMILES string of the molecule is Bc1cc(C(=O)OC)c(C)c(N(CC)C2CC(C)N(C(=O)OC(C)(C)C)[C@H](C)C2)c1. The zero-order chi connectivity index (χ0) is 22.8. The van der Waals surface area contributed by atoms with Crippen LogP contribution in [0, 0.1) is 6.92 Å². The number of nitrogens with zero attached hydrogens (tertiary/aromatic N) is 2. The lowest BCUT2D eigenvalue weighted by Gasteiger charge is -2.47. The summed E-state index contributed by atoms with van der Waals surface area (Å²) in [5.41, 5.74) is 3.13. The number of hydrogen-bond acceptors (Lipinski definition) is 5. The molecule has 0 radical (unpaired) electrons. The Labute approximate surface area is 182 Å². The zero-order valence-corrected chi connectivity index (χ0v) is 20.0. The van der Waals surface area contributed by atoms with E-state index < -0.39 is 5.60 Å². The van der Waals surface area contributed by atoms with Crippen LogP contribution >= 0.6 is 0 Å². The number of esters is 1. The van der Waals surface area contributed by atoms with E-state index in [4.69, 9.17) is 9.47 Å². The number of methoxy groups -OCH3 is 1. The maximum atomic E-state index is 12.7. The minimum atomic E-state index is -0.508. The van der Waals surface area contributed by atoms with Crippen LogP contribution in [-0.2, 0) is 9.47 Å². The monoisotopic (exact) mass is 416 g/mol. The van der Waals surface area contributed by atoms with E-state index in [1.807, 2.05) is 46.5 Å². The summed E-state index contributed by atoms with van der Waals surface area (Å²) in [7, 11) is 3.41. The number of ether oxygens (including phenoxy) is 2. The van der Waals surface area contributed by atoms with Gasteiger partial charge >= 0.3 is 12.1 Å². The van der Waals surface area contributed by atoms with Crippen LogP contribution in [0.15, 0.2) is 12.1 Å². The number of carbonyl (C=O) groups excluding carboxylic acids is 2. The van der Waals surface area contributed by atoms with Crippen molar-refractivity contribution in [3.8, 4) is 0 Å². The Bertz CT molecular complexity index is 778. The molecule has 1 aromatic carbocycles. The molecule has 1 heterocycles. The van der Waals surface area contributed by atoms with Crippen molar-refractivity contribution in [2.24, 2.45) is 0 Å². The van der Waals surface area contributed by atoms with Crippen LogP contribution in [0.5, 0.6) is 0 Å².